The number of hydrogen-bond acceptors (Lipinski definition) is 5. The zero-order chi connectivity index (χ0) is 19.6. The van der Waals surface area contributed by atoms with Gasteiger partial charge in [0, 0.05) is 19.6 Å². The molecule has 1 aromatic carbocycles. The number of nitrogen functional groups attached to an aromatic ring is 1. The molecule has 2 aromatic rings. The number of hydrogen-bond donors (Lipinski definition) is 2. The number of alkyl halides is 3. The summed E-state index contributed by atoms with van der Waals surface area (Å²) >= 11 is 1.22. The molecule has 0 bridgehead atoms. The van der Waals surface area contributed by atoms with Gasteiger partial charge in [-0.1, -0.05) is 35.6 Å². The van der Waals surface area contributed by atoms with Gasteiger partial charge < -0.3 is 16.0 Å². The largest absolute Gasteiger partial charge is 0.416 e. The van der Waals surface area contributed by atoms with Crippen LogP contribution in [0.15, 0.2) is 30.3 Å². The third kappa shape index (κ3) is 4.48. The van der Waals surface area contributed by atoms with Gasteiger partial charge in [0.15, 0.2) is 5.69 Å². The Kier molecular flexibility index (Phi) is 5.52. The zero-order valence-corrected chi connectivity index (χ0v) is 15.5. The first kappa shape index (κ1) is 19.4. The molecule has 9 heteroatoms. The molecule has 5 nitrogen and oxygen atoms in total. The average Bonchev–Trinajstić information content (AvgIpc) is 3.01. The SMILES string of the molecule is CN1CC=C(c2nc(C(=O)NCc3ccccc3C(F)(F)F)c(N)s2)CC1. The standard InChI is InChI=1S/C18H19F3N4OS/c1-25-8-6-11(7-9-25)17-24-14(15(22)27-17)16(26)23-10-12-4-2-3-5-13(12)18(19,20)21/h2-6H,7-10,22H2,1H3,(H,23,26). The van der Waals surface area contributed by atoms with Crippen LogP contribution in [0.4, 0.5) is 18.2 Å². The van der Waals surface area contributed by atoms with E-state index in [-0.39, 0.29) is 22.8 Å². The van der Waals surface area contributed by atoms with Crippen molar-refractivity contribution in [2.24, 2.45) is 0 Å². The van der Waals surface area contributed by atoms with Crippen LogP contribution >= 0.6 is 11.3 Å². The summed E-state index contributed by atoms with van der Waals surface area (Å²) in [5, 5.41) is 3.43. The van der Waals surface area contributed by atoms with E-state index in [1.165, 1.54) is 29.5 Å². The second kappa shape index (κ2) is 7.69. The maximum atomic E-state index is 13.0. The highest BCUT2D eigenvalue weighted by Gasteiger charge is 2.33. The number of likely N-dealkylation sites (N-methyl/N-ethyl adjacent to an activating group) is 1. The molecule has 0 atom stereocenters. The van der Waals surface area contributed by atoms with Gasteiger partial charge >= 0.3 is 6.18 Å². The van der Waals surface area contributed by atoms with Crippen LogP contribution in [0.3, 0.4) is 0 Å². The molecule has 0 fully saturated rings. The molecule has 144 valence electrons. The van der Waals surface area contributed by atoms with Crippen molar-refractivity contribution in [3.8, 4) is 0 Å². The molecule has 1 aliphatic rings. The predicted octanol–water partition coefficient (Wildman–Crippen LogP) is 3.39. The Morgan fingerprint density at radius 3 is 2.78 bits per heavy atom. The molecule has 3 N–H and O–H groups in total. The normalized spacial score (nSPS) is 15.5. The Morgan fingerprint density at radius 1 is 1.37 bits per heavy atom. The van der Waals surface area contributed by atoms with Gasteiger partial charge in [-0.2, -0.15) is 13.2 Å². The highest BCUT2D eigenvalue weighted by Crippen LogP contribution is 2.32. The molecule has 1 aliphatic heterocycles. The number of nitrogens with one attached hydrogen (secondary N) is 1. The Hall–Kier alpha value is -2.39. The molecule has 0 saturated heterocycles. The second-order valence-electron chi connectivity index (χ2n) is 6.31. The van der Waals surface area contributed by atoms with Crippen LogP contribution in [0.2, 0.25) is 0 Å². The third-order valence-electron chi connectivity index (χ3n) is 4.32. The molecule has 0 radical (unpaired) electrons. The first-order chi connectivity index (χ1) is 12.8. The summed E-state index contributed by atoms with van der Waals surface area (Å²) in [7, 11) is 2.02. The van der Waals surface area contributed by atoms with Crippen molar-refractivity contribution in [2.45, 2.75) is 19.1 Å². The number of amides is 1. The highest BCUT2D eigenvalue weighted by molar-refractivity contribution is 7.16. The maximum absolute atomic E-state index is 13.0. The number of benzene rings is 1. The topological polar surface area (TPSA) is 71.2 Å². The van der Waals surface area contributed by atoms with Crippen LogP contribution in [0.1, 0.15) is 33.0 Å². The Balaban J connectivity index is 1.73. The van der Waals surface area contributed by atoms with Crippen LogP contribution < -0.4 is 11.1 Å². The maximum Gasteiger partial charge on any atom is 0.416 e. The molecule has 1 aromatic heterocycles. The Labute approximate surface area is 158 Å². The molecule has 0 saturated carbocycles. The quantitative estimate of drug-likeness (QED) is 0.831. The number of aromatic nitrogens is 1. The smallest absolute Gasteiger partial charge is 0.389 e. The van der Waals surface area contributed by atoms with Crippen molar-refractivity contribution in [1.29, 1.82) is 0 Å². The number of anilines is 1. The summed E-state index contributed by atoms with van der Waals surface area (Å²) in [5.41, 5.74) is 6.23. The molecule has 0 aliphatic carbocycles. The molecule has 27 heavy (non-hydrogen) atoms. The minimum atomic E-state index is -4.48. The van der Waals surface area contributed by atoms with Crippen LogP contribution in [-0.2, 0) is 12.7 Å². The first-order valence-corrected chi connectivity index (χ1v) is 9.15. The fraction of sp³-hybridized carbons (Fsp3) is 0.333. The number of nitrogens with zero attached hydrogens (tertiary/aromatic N) is 2. The molecule has 1 amide bonds. The van der Waals surface area contributed by atoms with Crippen molar-refractivity contribution in [2.75, 3.05) is 25.9 Å². The van der Waals surface area contributed by atoms with Gasteiger partial charge in [0.2, 0.25) is 0 Å². The van der Waals surface area contributed by atoms with Gasteiger partial charge in [-0.05, 0) is 30.7 Å². The van der Waals surface area contributed by atoms with Gasteiger partial charge in [0.1, 0.15) is 10.0 Å². The highest BCUT2D eigenvalue weighted by atomic mass is 32.1. The summed E-state index contributed by atoms with van der Waals surface area (Å²) in [6.07, 6.45) is -1.62. The lowest BCUT2D eigenvalue weighted by atomic mass is 10.1. The van der Waals surface area contributed by atoms with E-state index in [0.29, 0.717) is 5.01 Å². The van der Waals surface area contributed by atoms with Gasteiger partial charge in [-0.3, -0.25) is 4.79 Å². The fourth-order valence-electron chi connectivity index (χ4n) is 2.81. The van der Waals surface area contributed by atoms with Gasteiger partial charge in [0.05, 0.1) is 5.56 Å². The lowest BCUT2D eigenvalue weighted by Gasteiger charge is -2.20. The number of thiazole rings is 1. The number of nitrogens with two attached hydrogens (primary N) is 1. The molecule has 0 unspecified atom stereocenters. The predicted molar refractivity (Wildman–Crippen MR) is 99.2 cm³/mol. The van der Waals surface area contributed by atoms with Crippen molar-refractivity contribution < 1.29 is 18.0 Å². The van der Waals surface area contributed by atoms with Crippen LogP contribution in [0, 0.1) is 0 Å². The Bertz CT molecular complexity index is 876. The monoisotopic (exact) mass is 396 g/mol. The van der Waals surface area contributed by atoms with Gasteiger partial charge in [-0.25, -0.2) is 4.98 Å². The number of carbonyl (C=O) groups is 1. The molecular weight excluding hydrogens is 377 g/mol. The summed E-state index contributed by atoms with van der Waals surface area (Å²) < 4.78 is 39.1. The minimum Gasteiger partial charge on any atom is -0.389 e. The van der Waals surface area contributed by atoms with E-state index in [4.69, 9.17) is 5.73 Å². The second-order valence-corrected chi connectivity index (χ2v) is 7.34. The van der Waals surface area contributed by atoms with E-state index in [0.717, 1.165) is 31.1 Å². The van der Waals surface area contributed by atoms with E-state index >= 15 is 0 Å². The zero-order valence-electron chi connectivity index (χ0n) is 14.6. The summed E-state index contributed by atoms with van der Waals surface area (Å²) in [5.74, 6) is -0.583. The molecular formula is C18H19F3N4OS. The molecule has 2 heterocycles. The van der Waals surface area contributed by atoms with Gasteiger partial charge in [-0.15, -0.1) is 0 Å². The average molecular weight is 396 g/mol. The summed E-state index contributed by atoms with van der Waals surface area (Å²) in [4.78, 5) is 18.9. The van der Waals surface area contributed by atoms with Crippen molar-refractivity contribution in [3.63, 3.8) is 0 Å². The summed E-state index contributed by atoms with van der Waals surface area (Å²) in [6, 6.07) is 5.14. The third-order valence-corrected chi connectivity index (χ3v) is 5.28. The van der Waals surface area contributed by atoms with E-state index in [1.807, 2.05) is 13.1 Å². The van der Waals surface area contributed by atoms with Crippen molar-refractivity contribution in [1.82, 2.24) is 15.2 Å². The van der Waals surface area contributed by atoms with E-state index in [2.05, 4.69) is 15.2 Å². The first-order valence-electron chi connectivity index (χ1n) is 8.33. The van der Waals surface area contributed by atoms with E-state index < -0.39 is 17.6 Å². The molecule has 3 rings (SSSR count). The number of halogens is 3. The van der Waals surface area contributed by atoms with Crippen LogP contribution in [-0.4, -0.2) is 35.9 Å². The Morgan fingerprint density at radius 2 is 2.11 bits per heavy atom. The number of carbonyl (C=O) groups excluding carboxylic acids is 1. The minimum absolute atomic E-state index is 0.00889. The lowest BCUT2D eigenvalue weighted by molar-refractivity contribution is -0.138. The van der Waals surface area contributed by atoms with Gasteiger partial charge in [0.25, 0.3) is 5.91 Å². The summed E-state index contributed by atoms with van der Waals surface area (Å²) in [6.45, 7) is 1.43. The lowest BCUT2D eigenvalue weighted by Crippen LogP contribution is -2.25. The number of rotatable bonds is 4. The molecule has 0 spiro atoms. The van der Waals surface area contributed by atoms with Crippen LogP contribution in [0.25, 0.3) is 5.57 Å². The van der Waals surface area contributed by atoms with E-state index in [9.17, 15) is 18.0 Å². The van der Waals surface area contributed by atoms with Crippen LogP contribution in [0.5, 0.6) is 0 Å². The van der Waals surface area contributed by atoms with E-state index in [1.54, 1.807) is 0 Å². The van der Waals surface area contributed by atoms with Crippen molar-refractivity contribution in [3.05, 3.63) is 52.2 Å². The fourth-order valence-corrected chi connectivity index (χ4v) is 3.70. The van der Waals surface area contributed by atoms with Crippen molar-refractivity contribution >= 4 is 27.8 Å².